The Balaban J connectivity index is 1.83. The van der Waals surface area contributed by atoms with Crippen molar-refractivity contribution in [3.8, 4) is 0 Å². The summed E-state index contributed by atoms with van der Waals surface area (Å²) in [5.41, 5.74) is 1.21. The number of hydrogen-bond donors (Lipinski definition) is 0. The van der Waals surface area contributed by atoms with Crippen LogP contribution in [0.3, 0.4) is 0 Å². The van der Waals surface area contributed by atoms with Gasteiger partial charge in [-0.15, -0.1) is 0 Å². The molecule has 0 aromatic carbocycles. The topological polar surface area (TPSA) is 69.6 Å². The van der Waals surface area contributed by atoms with Crippen molar-refractivity contribution in [1.82, 2.24) is 19.8 Å². The van der Waals surface area contributed by atoms with Crippen LogP contribution < -0.4 is 4.90 Å². The lowest BCUT2D eigenvalue weighted by molar-refractivity contribution is -0.139. The third-order valence-corrected chi connectivity index (χ3v) is 5.14. The normalized spacial score (nSPS) is 23.0. The van der Waals surface area contributed by atoms with Crippen molar-refractivity contribution in [1.29, 1.82) is 0 Å². The van der Waals surface area contributed by atoms with Crippen LogP contribution in [0, 0.1) is 12.8 Å². The smallest absolute Gasteiger partial charge is 0.257 e. The maximum absolute atomic E-state index is 13.0. The molecule has 3 fully saturated rings. The predicted molar refractivity (Wildman–Crippen MR) is 95.5 cm³/mol. The third-order valence-electron chi connectivity index (χ3n) is 5.14. The summed E-state index contributed by atoms with van der Waals surface area (Å²) < 4.78 is 0. The minimum atomic E-state index is -0.0727. The van der Waals surface area contributed by atoms with Gasteiger partial charge in [-0.05, 0) is 26.2 Å². The zero-order valence-corrected chi connectivity index (χ0v) is 15.5. The summed E-state index contributed by atoms with van der Waals surface area (Å²) in [6, 6.07) is 0.137. The molecule has 0 saturated carbocycles. The first kappa shape index (κ1) is 17.6. The van der Waals surface area contributed by atoms with Crippen LogP contribution in [0.15, 0.2) is 6.20 Å². The molecular formula is C18H27N5O2. The van der Waals surface area contributed by atoms with E-state index in [0.717, 1.165) is 25.8 Å². The van der Waals surface area contributed by atoms with Crippen LogP contribution in [0.4, 0.5) is 5.95 Å². The minimum Gasteiger partial charge on any atom is -0.347 e. The summed E-state index contributed by atoms with van der Waals surface area (Å²) in [7, 11) is 3.74. The van der Waals surface area contributed by atoms with Gasteiger partial charge in [0.1, 0.15) is 0 Å². The molecule has 4 rings (SSSR count). The van der Waals surface area contributed by atoms with E-state index in [1.807, 2.05) is 35.7 Å². The van der Waals surface area contributed by atoms with Crippen molar-refractivity contribution >= 4 is 17.8 Å². The van der Waals surface area contributed by atoms with E-state index in [1.165, 1.54) is 0 Å². The van der Waals surface area contributed by atoms with Gasteiger partial charge in [-0.1, -0.05) is 6.92 Å². The molecular weight excluding hydrogens is 318 g/mol. The Morgan fingerprint density at radius 1 is 1.32 bits per heavy atom. The fraction of sp³-hybridized carbons (Fsp3) is 0.667. The summed E-state index contributed by atoms with van der Waals surface area (Å²) >= 11 is 0. The van der Waals surface area contributed by atoms with Crippen LogP contribution in [0.1, 0.15) is 42.2 Å². The van der Waals surface area contributed by atoms with Crippen molar-refractivity contribution in [2.24, 2.45) is 5.92 Å². The van der Waals surface area contributed by atoms with E-state index in [1.54, 1.807) is 6.20 Å². The number of aryl methyl sites for hydroxylation is 1. The van der Waals surface area contributed by atoms with Gasteiger partial charge >= 0.3 is 0 Å². The molecule has 3 aliphatic heterocycles. The molecule has 1 aromatic heterocycles. The standard InChI is InChI=1S/C18H27N5O2/c1-5-8-23-14-7-6-13(16(23)24)10-22(11-14)17(25)15-9-19-18(21(3)4)20-12(15)2/h9,13-14H,5-8,10-11H2,1-4H3/t13-,14+/m0/s1. The molecule has 0 radical (unpaired) electrons. The van der Waals surface area contributed by atoms with Crippen LogP contribution in [-0.4, -0.2) is 71.4 Å². The minimum absolute atomic E-state index is 0.0640. The lowest BCUT2D eigenvalue weighted by Crippen LogP contribution is -2.48. The van der Waals surface area contributed by atoms with Crippen LogP contribution >= 0.6 is 0 Å². The third kappa shape index (κ3) is 3.32. The van der Waals surface area contributed by atoms with Crippen molar-refractivity contribution in [2.75, 3.05) is 38.6 Å². The van der Waals surface area contributed by atoms with Crippen LogP contribution in [-0.2, 0) is 4.79 Å². The van der Waals surface area contributed by atoms with Gasteiger partial charge < -0.3 is 14.7 Å². The molecule has 3 aliphatic rings. The van der Waals surface area contributed by atoms with Crippen molar-refractivity contribution in [2.45, 2.75) is 39.2 Å². The van der Waals surface area contributed by atoms with Gasteiger partial charge in [0.2, 0.25) is 11.9 Å². The molecule has 0 spiro atoms. The Morgan fingerprint density at radius 3 is 2.72 bits per heavy atom. The summed E-state index contributed by atoms with van der Waals surface area (Å²) in [4.78, 5) is 40.0. The number of amides is 2. The number of piperidine rings is 1. The summed E-state index contributed by atoms with van der Waals surface area (Å²) in [5.74, 6) is 0.668. The largest absolute Gasteiger partial charge is 0.347 e. The molecule has 136 valence electrons. The lowest BCUT2D eigenvalue weighted by Gasteiger charge is -2.35. The van der Waals surface area contributed by atoms with Crippen molar-refractivity contribution < 1.29 is 9.59 Å². The molecule has 2 amide bonds. The zero-order valence-electron chi connectivity index (χ0n) is 15.5. The molecule has 3 saturated heterocycles. The van der Waals surface area contributed by atoms with Gasteiger partial charge in [0.15, 0.2) is 0 Å². The Morgan fingerprint density at radius 2 is 2.08 bits per heavy atom. The number of hydrogen-bond acceptors (Lipinski definition) is 5. The first-order chi connectivity index (χ1) is 11.9. The van der Waals surface area contributed by atoms with Gasteiger partial charge in [-0.2, -0.15) is 0 Å². The van der Waals surface area contributed by atoms with Gasteiger partial charge in [-0.25, -0.2) is 9.97 Å². The Labute approximate surface area is 149 Å². The van der Waals surface area contributed by atoms with Crippen molar-refractivity contribution in [3.05, 3.63) is 17.5 Å². The molecule has 25 heavy (non-hydrogen) atoms. The maximum Gasteiger partial charge on any atom is 0.257 e. The highest BCUT2D eigenvalue weighted by molar-refractivity contribution is 5.95. The summed E-state index contributed by atoms with van der Waals surface area (Å²) in [6.45, 7) is 5.81. The van der Waals surface area contributed by atoms with E-state index in [4.69, 9.17) is 0 Å². The second-order valence-corrected chi connectivity index (χ2v) is 7.23. The van der Waals surface area contributed by atoms with E-state index in [-0.39, 0.29) is 23.8 Å². The Kier molecular flexibility index (Phi) is 4.92. The highest BCUT2D eigenvalue weighted by atomic mass is 16.2. The molecule has 7 nitrogen and oxygen atoms in total. The number of aromatic nitrogens is 2. The average Bonchev–Trinajstić information content (AvgIpc) is 2.87. The van der Waals surface area contributed by atoms with Gasteiger partial charge in [0, 0.05) is 46.0 Å². The van der Waals surface area contributed by atoms with Gasteiger partial charge in [-0.3, -0.25) is 9.59 Å². The number of carbonyl (C=O) groups excluding carboxylic acids is 2. The molecule has 7 heteroatoms. The second-order valence-electron chi connectivity index (χ2n) is 7.23. The highest BCUT2D eigenvalue weighted by Gasteiger charge is 2.41. The second kappa shape index (κ2) is 6.98. The van der Waals surface area contributed by atoms with E-state index >= 15 is 0 Å². The number of carbonyl (C=O) groups is 2. The first-order valence-corrected chi connectivity index (χ1v) is 9.03. The van der Waals surface area contributed by atoms with Crippen LogP contribution in [0.5, 0.6) is 0 Å². The Bertz CT molecular complexity index is 675. The quantitative estimate of drug-likeness (QED) is 0.823. The molecule has 0 aliphatic carbocycles. The monoisotopic (exact) mass is 345 g/mol. The molecule has 0 unspecified atom stereocenters. The number of anilines is 1. The number of nitrogens with zero attached hydrogens (tertiary/aromatic N) is 5. The molecule has 4 heterocycles. The number of fused-ring (bicyclic) bond motifs is 4. The summed E-state index contributed by atoms with van der Waals surface area (Å²) in [5, 5.41) is 0. The van der Waals surface area contributed by atoms with E-state index < -0.39 is 0 Å². The Hall–Kier alpha value is -2.18. The van der Waals surface area contributed by atoms with E-state index in [0.29, 0.717) is 30.3 Å². The molecule has 2 bridgehead atoms. The van der Waals surface area contributed by atoms with Gasteiger partial charge in [0.05, 0.1) is 17.2 Å². The van der Waals surface area contributed by atoms with E-state index in [2.05, 4.69) is 16.9 Å². The highest BCUT2D eigenvalue weighted by Crippen LogP contribution is 2.30. The summed E-state index contributed by atoms with van der Waals surface area (Å²) in [6.07, 6.45) is 4.41. The predicted octanol–water partition coefficient (Wildman–Crippen LogP) is 1.32. The molecule has 2 atom stereocenters. The maximum atomic E-state index is 13.0. The SMILES string of the molecule is CCCN1C(=O)[C@H]2CC[C@@H]1CN(C(=O)c1cnc(N(C)C)nc1C)C2. The molecule has 0 N–H and O–H groups in total. The van der Waals surface area contributed by atoms with Crippen molar-refractivity contribution in [3.63, 3.8) is 0 Å². The lowest BCUT2D eigenvalue weighted by atomic mass is 9.94. The molecule has 1 aromatic rings. The number of rotatable bonds is 4. The first-order valence-electron chi connectivity index (χ1n) is 9.03. The van der Waals surface area contributed by atoms with E-state index in [9.17, 15) is 9.59 Å². The zero-order chi connectivity index (χ0) is 18.1. The fourth-order valence-electron chi connectivity index (χ4n) is 3.79. The fourth-order valence-corrected chi connectivity index (χ4v) is 3.79. The van der Waals surface area contributed by atoms with Gasteiger partial charge in [0.25, 0.3) is 5.91 Å². The van der Waals surface area contributed by atoms with Crippen LogP contribution in [0.25, 0.3) is 0 Å². The van der Waals surface area contributed by atoms with Crippen LogP contribution in [0.2, 0.25) is 0 Å². The average molecular weight is 345 g/mol.